The lowest BCUT2D eigenvalue weighted by molar-refractivity contribution is -0.930. The SMILES string of the molecule is CC[C@H](O)[C@@H](C)[C@H]1O[C@@H]1C[C@H](C)C=CC=C(C)[C@H]1OC(=O)C[C@H](O)CC[C@@](C)(O)[C@@H](OC(=O)N2CC[N+]3(CCCCCC3)CC2)C=C[C@@H]1C. The predicted octanol–water partition coefficient (Wildman–Crippen LogP) is 5.30. The highest BCUT2D eigenvalue weighted by Gasteiger charge is 2.45. The molecule has 1 amide bonds. The first kappa shape index (κ1) is 39.5. The molecule has 0 aliphatic carbocycles. The van der Waals surface area contributed by atoms with Crippen LogP contribution in [0.5, 0.6) is 0 Å². The smallest absolute Gasteiger partial charge is 0.410 e. The van der Waals surface area contributed by atoms with E-state index in [-0.39, 0.29) is 55.3 Å². The molecule has 10 nitrogen and oxygen atoms in total. The molecule has 4 aliphatic heterocycles. The van der Waals surface area contributed by atoms with E-state index >= 15 is 0 Å². The third-order valence-corrected chi connectivity index (χ3v) is 11.5. The average Bonchev–Trinajstić information content (AvgIpc) is 3.87. The van der Waals surface area contributed by atoms with Gasteiger partial charge in [-0.15, -0.1) is 0 Å². The average molecular weight is 690 g/mol. The van der Waals surface area contributed by atoms with Crippen molar-refractivity contribution in [3.63, 3.8) is 0 Å². The number of aliphatic hydroxyl groups excluding tert-OH is 2. The maximum atomic E-state index is 13.5. The molecule has 3 N–H and O–H groups in total. The quantitative estimate of drug-likeness (QED) is 0.0979. The number of allylic oxidation sites excluding steroid dienone is 3. The maximum absolute atomic E-state index is 13.5. The van der Waals surface area contributed by atoms with Gasteiger partial charge in [-0.25, -0.2) is 4.79 Å². The van der Waals surface area contributed by atoms with E-state index in [1.165, 1.54) is 38.8 Å². The number of cyclic esters (lactones) is 1. The number of hydrogen-bond acceptors (Lipinski definition) is 8. The second-order valence-electron chi connectivity index (χ2n) is 15.8. The zero-order valence-corrected chi connectivity index (χ0v) is 31.0. The molecular formula is C39H65N2O8+. The van der Waals surface area contributed by atoms with E-state index in [1.54, 1.807) is 17.9 Å². The minimum absolute atomic E-state index is 0.1000. The van der Waals surface area contributed by atoms with Gasteiger partial charge >= 0.3 is 12.1 Å². The van der Waals surface area contributed by atoms with Crippen molar-refractivity contribution < 1.29 is 43.6 Å². The van der Waals surface area contributed by atoms with Gasteiger partial charge in [-0.1, -0.05) is 52.0 Å². The summed E-state index contributed by atoms with van der Waals surface area (Å²) >= 11 is 0. The van der Waals surface area contributed by atoms with E-state index in [4.69, 9.17) is 14.2 Å². The van der Waals surface area contributed by atoms with Crippen molar-refractivity contribution in [2.24, 2.45) is 17.8 Å². The van der Waals surface area contributed by atoms with Crippen LogP contribution in [-0.4, -0.2) is 118 Å². The summed E-state index contributed by atoms with van der Waals surface area (Å²) in [7, 11) is 0. The Balaban J connectivity index is 1.41. The van der Waals surface area contributed by atoms with Gasteiger partial charge in [0.05, 0.1) is 70.1 Å². The van der Waals surface area contributed by atoms with E-state index in [1.807, 2.05) is 45.9 Å². The van der Waals surface area contributed by atoms with Gasteiger partial charge in [0.25, 0.3) is 0 Å². The summed E-state index contributed by atoms with van der Waals surface area (Å²) in [5.41, 5.74) is -0.611. The van der Waals surface area contributed by atoms with Crippen molar-refractivity contribution in [1.29, 1.82) is 0 Å². The third kappa shape index (κ3) is 11.4. The van der Waals surface area contributed by atoms with Gasteiger partial charge in [0, 0.05) is 11.8 Å². The maximum Gasteiger partial charge on any atom is 0.410 e. The second-order valence-corrected chi connectivity index (χ2v) is 15.8. The topological polar surface area (TPSA) is 129 Å². The summed E-state index contributed by atoms with van der Waals surface area (Å²) in [5, 5.41) is 32.4. The first-order valence-electron chi connectivity index (χ1n) is 19.0. The molecule has 0 saturated carbocycles. The Kier molecular flexibility index (Phi) is 14.4. The molecule has 0 radical (unpaired) electrons. The normalized spacial score (nSPS) is 35.1. The second kappa shape index (κ2) is 17.8. The van der Waals surface area contributed by atoms with E-state index in [0.29, 0.717) is 13.1 Å². The Morgan fingerprint density at radius 1 is 1.14 bits per heavy atom. The number of ether oxygens (including phenoxy) is 3. The fraction of sp³-hybridized carbons (Fsp3) is 0.795. The van der Waals surface area contributed by atoms with Crippen molar-refractivity contribution in [2.45, 2.75) is 142 Å². The molecule has 4 rings (SSSR count). The number of piperazine rings is 1. The van der Waals surface area contributed by atoms with Crippen LogP contribution in [0.2, 0.25) is 0 Å². The number of hydrogen-bond donors (Lipinski definition) is 3. The summed E-state index contributed by atoms with van der Waals surface area (Å²) in [6.07, 6.45) is 13.3. The van der Waals surface area contributed by atoms with Crippen molar-refractivity contribution >= 4 is 12.1 Å². The van der Waals surface area contributed by atoms with Crippen LogP contribution in [0.1, 0.15) is 99.3 Å². The van der Waals surface area contributed by atoms with Crippen LogP contribution in [0.3, 0.4) is 0 Å². The molecule has 0 unspecified atom stereocenters. The molecule has 10 atom stereocenters. The van der Waals surface area contributed by atoms with Crippen LogP contribution in [0.4, 0.5) is 4.79 Å². The number of nitrogens with zero attached hydrogens (tertiary/aromatic N) is 2. The zero-order valence-electron chi connectivity index (χ0n) is 31.0. The van der Waals surface area contributed by atoms with Crippen LogP contribution in [0.15, 0.2) is 36.0 Å². The number of rotatable bonds is 9. The fourth-order valence-electron chi connectivity index (χ4n) is 7.85. The highest BCUT2D eigenvalue weighted by atomic mass is 16.6. The first-order valence-corrected chi connectivity index (χ1v) is 19.0. The fourth-order valence-corrected chi connectivity index (χ4v) is 7.85. The molecule has 4 heterocycles. The van der Waals surface area contributed by atoms with E-state index in [0.717, 1.165) is 36.0 Å². The Morgan fingerprint density at radius 2 is 1.82 bits per heavy atom. The standard InChI is InChI=1S/C39H65N2O8/c1-7-32(43)30(5)37-33(47-37)25-27(2)13-12-14-28(3)36-29(4)15-16-34(39(6,46)18-17-31(42)26-35(44)49-36)48-38(45)40-19-23-41(24-20-40)21-10-8-9-11-22-41/h12-16,27,29-34,36-37,42-43,46H,7-11,17-26H2,1-6H3/q+1/t27-,29+,30-,31-,32+,33-,34+,36-,37-,39-/m1/s1. The third-order valence-electron chi connectivity index (χ3n) is 11.5. The van der Waals surface area contributed by atoms with Crippen molar-refractivity contribution in [3.8, 4) is 0 Å². The van der Waals surface area contributed by atoms with E-state index in [9.17, 15) is 24.9 Å². The number of amides is 1. The summed E-state index contributed by atoms with van der Waals surface area (Å²) in [6.45, 7) is 17.1. The molecule has 278 valence electrons. The highest BCUT2D eigenvalue weighted by molar-refractivity contribution is 5.70. The zero-order chi connectivity index (χ0) is 35.8. The van der Waals surface area contributed by atoms with Crippen LogP contribution >= 0.6 is 0 Å². The van der Waals surface area contributed by atoms with E-state index < -0.39 is 36.0 Å². The Labute approximate surface area is 294 Å². The lowest BCUT2D eigenvalue weighted by Crippen LogP contribution is -2.61. The number of carbonyl (C=O) groups is 2. The molecule has 4 aliphatic rings. The lowest BCUT2D eigenvalue weighted by atomic mass is 9.88. The van der Waals surface area contributed by atoms with E-state index in [2.05, 4.69) is 13.0 Å². The predicted molar refractivity (Wildman–Crippen MR) is 190 cm³/mol. The number of aliphatic hydroxyl groups is 3. The summed E-state index contributed by atoms with van der Waals surface area (Å²) < 4.78 is 18.9. The monoisotopic (exact) mass is 689 g/mol. The lowest BCUT2D eigenvalue weighted by Gasteiger charge is -2.44. The largest absolute Gasteiger partial charge is 0.457 e. The molecule has 10 heteroatoms. The van der Waals surface area contributed by atoms with Gasteiger partial charge in [0.15, 0.2) is 6.10 Å². The van der Waals surface area contributed by atoms with Gasteiger partial charge in [0.2, 0.25) is 0 Å². The minimum Gasteiger partial charge on any atom is -0.457 e. The molecule has 1 spiro atoms. The van der Waals surface area contributed by atoms with Gasteiger partial charge in [-0.3, -0.25) is 9.69 Å². The number of esters is 1. The van der Waals surface area contributed by atoms with Crippen molar-refractivity contribution in [3.05, 3.63) is 36.0 Å². The molecular weight excluding hydrogens is 624 g/mol. The van der Waals surface area contributed by atoms with Gasteiger partial charge < -0.3 is 34.0 Å². The molecule has 0 aromatic carbocycles. The highest BCUT2D eigenvalue weighted by Crippen LogP contribution is 2.36. The molecule has 0 bridgehead atoms. The Morgan fingerprint density at radius 3 is 2.47 bits per heavy atom. The molecule has 0 aromatic heterocycles. The molecule has 3 fully saturated rings. The first-order chi connectivity index (χ1) is 23.2. The Bertz CT molecular complexity index is 1170. The molecule has 0 aromatic rings. The molecule has 49 heavy (non-hydrogen) atoms. The van der Waals surface area contributed by atoms with Crippen LogP contribution < -0.4 is 0 Å². The van der Waals surface area contributed by atoms with Crippen molar-refractivity contribution in [2.75, 3.05) is 39.3 Å². The van der Waals surface area contributed by atoms with Crippen molar-refractivity contribution in [1.82, 2.24) is 4.90 Å². The summed E-state index contributed by atoms with van der Waals surface area (Å²) in [6, 6.07) is 0. The van der Waals surface area contributed by atoms with Gasteiger partial charge in [0.1, 0.15) is 11.7 Å². The molecule has 3 saturated heterocycles. The van der Waals surface area contributed by atoms with Gasteiger partial charge in [-0.05, 0) is 82.8 Å². The van der Waals surface area contributed by atoms with Gasteiger partial charge in [-0.2, -0.15) is 0 Å². The van der Waals surface area contributed by atoms with Crippen LogP contribution in [0.25, 0.3) is 0 Å². The van der Waals surface area contributed by atoms with Crippen LogP contribution in [-0.2, 0) is 19.0 Å². The van der Waals surface area contributed by atoms with Crippen LogP contribution in [0, 0.1) is 17.8 Å². The number of epoxide rings is 1. The minimum atomic E-state index is -1.44. The summed E-state index contributed by atoms with van der Waals surface area (Å²) in [5.74, 6) is -0.424. The Hall–Kier alpha value is -2.24. The number of quaternary nitrogens is 1. The number of carbonyl (C=O) groups excluding carboxylic acids is 2. The summed E-state index contributed by atoms with van der Waals surface area (Å²) in [4.78, 5) is 28.1.